The number of anilines is 3. The summed E-state index contributed by atoms with van der Waals surface area (Å²) in [5.74, 6) is 2.35. The first-order chi connectivity index (χ1) is 10.0. The predicted octanol–water partition coefficient (Wildman–Crippen LogP) is 4.30. The molecule has 4 nitrogen and oxygen atoms in total. The maximum absolute atomic E-state index is 4.27. The van der Waals surface area contributed by atoms with Gasteiger partial charge in [0, 0.05) is 18.3 Å². The van der Waals surface area contributed by atoms with E-state index in [1.165, 1.54) is 11.1 Å². The molecule has 2 N–H and O–H groups in total. The molecule has 1 aromatic carbocycles. The quantitative estimate of drug-likeness (QED) is 0.830. The summed E-state index contributed by atoms with van der Waals surface area (Å²) < 4.78 is 0. The van der Waals surface area contributed by atoms with E-state index in [0.717, 1.165) is 30.3 Å². The van der Waals surface area contributed by atoms with Crippen molar-refractivity contribution in [1.82, 2.24) is 9.97 Å². The topological polar surface area (TPSA) is 49.8 Å². The number of aryl methyl sites for hydroxylation is 2. The van der Waals surface area contributed by atoms with Crippen LogP contribution in [0.15, 0.2) is 30.6 Å². The van der Waals surface area contributed by atoms with Crippen molar-refractivity contribution in [1.29, 1.82) is 0 Å². The third kappa shape index (κ3) is 5.06. The lowest BCUT2D eigenvalue weighted by Gasteiger charge is -2.10. The molecular weight excluding hydrogens is 260 g/mol. The summed E-state index contributed by atoms with van der Waals surface area (Å²) in [6.07, 6.45) is 2.71. The first-order valence-electron chi connectivity index (χ1n) is 7.44. The number of hydrogen-bond donors (Lipinski definition) is 2. The van der Waals surface area contributed by atoms with Gasteiger partial charge < -0.3 is 10.6 Å². The van der Waals surface area contributed by atoms with E-state index < -0.39 is 0 Å². The minimum absolute atomic E-state index is 0.687. The van der Waals surface area contributed by atoms with Crippen molar-refractivity contribution in [3.05, 3.63) is 41.7 Å². The minimum atomic E-state index is 0.687. The standard InChI is InChI=1S/C17H24N4/c1-12(2)5-6-18-16-10-17(20-11-19-16)21-15-8-13(3)7-14(4)9-15/h7-12H,5-6H2,1-4H3,(H2,18,19,20,21). The SMILES string of the molecule is Cc1cc(C)cc(Nc2cc(NCCC(C)C)ncn2)c1. The Bertz CT molecular complexity index is 573. The molecule has 0 spiro atoms. The summed E-state index contributed by atoms with van der Waals surface area (Å²) in [5, 5.41) is 6.67. The largest absolute Gasteiger partial charge is 0.370 e. The maximum Gasteiger partial charge on any atom is 0.135 e. The van der Waals surface area contributed by atoms with Crippen molar-refractivity contribution < 1.29 is 0 Å². The number of nitrogens with one attached hydrogen (secondary N) is 2. The van der Waals surface area contributed by atoms with Crippen LogP contribution in [0.25, 0.3) is 0 Å². The zero-order valence-electron chi connectivity index (χ0n) is 13.3. The summed E-state index contributed by atoms with van der Waals surface area (Å²) in [7, 11) is 0. The van der Waals surface area contributed by atoms with E-state index in [-0.39, 0.29) is 0 Å². The first-order valence-corrected chi connectivity index (χ1v) is 7.44. The van der Waals surface area contributed by atoms with Crippen molar-refractivity contribution in [2.45, 2.75) is 34.1 Å². The van der Waals surface area contributed by atoms with Crippen LogP contribution in [0.3, 0.4) is 0 Å². The van der Waals surface area contributed by atoms with Gasteiger partial charge in [0.15, 0.2) is 0 Å². The molecule has 0 aliphatic rings. The molecular formula is C17H24N4. The third-order valence-electron chi connectivity index (χ3n) is 3.19. The smallest absolute Gasteiger partial charge is 0.135 e. The molecule has 0 saturated heterocycles. The third-order valence-corrected chi connectivity index (χ3v) is 3.19. The Labute approximate surface area is 127 Å². The fourth-order valence-corrected chi connectivity index (χ4v) is 2.21. The maximum atomic E-state index is 4.27. The summed E-state index contributed by atoms with van der Waals surface area (Å²) >= 11 is 0. The molecule has 0 aliphatic heterocycles. The average molecular weight is 284 g/mol. The van der Waals surface area contributed by atoms with E-state index in [1.807, 2.05) is 6.07 Å². The van der Waals surface area contributed by atoms with Gasteiger partial charge in [-0.25, -0.2) is 9.97 Å². The van der Waals surface area contributed by atoms with E-state index in [2.05, 4.69) is 66.5 Å². The molecule has 0 unspecified atom stereocenters. The molecule has 1 heterocycles. The van der Waals surface area contributed by atoms with Gasteiger partial charge in [-0.05, 0) is 49.4 Å². The molecule has 0 radical (unpaired) electrons. The van der Waals surface area contributed by atoms with Gasteiger partial charge in [-0.2, -0.15) is 0 Å². The van der Waals surface area contributed by atoms with Crippen LogP contribution in [0, 0.1) is 19.8 Å². The van der Waals surface area contributed by atoms with E-state index in [1.54, 1.807) is 6.33 Å². The molecule has 0 aliphatic carbocycles. The Kier molecular flexibility index (Phi) is 5.14. The molecule has 0 atom stereocenters. The molecule has 4 heteroatoms. The molecule has 112 valence electrons. The molecule has 0 saturated carbocycles. The number of benzene rings is 1. The molecule has 2 rings (SSSR count). The summed E-state index contributed by atoms with van der Waals surface area (Å²) in [6, 6.07) is 8.32. The van der Waals surface area contributed by atoms with Crippen molar-refractivity contribution in [2.24, 2.45) is 5.92 Å². The summed E-state index contributed by atoms with van der Waals surface area (Å²) in [6.45, 7) is 9.55. The van der Waals surface area contributed by atoms with Gasteiger partial charge in [0.1, 0.15) is 18.0 Å². The second-order valence-corrected chi connectivity index (χ2v) is 5.90. The van der Waals surface area contributed by atoms with Crippen LogP contribution in [-0.4, -0.2) is 16.5 Å². The highest BCUT2D eigenvalue weighted by Crippen LogP contribution is 2.19. The van der Waals surface area contributed by atoms with Crippen LogP contribution in [0.5, 0.6) is 0 Å². The van der Waals surface area contributed by atoms with Gasteiger partial charge >= 0.3 is 0 Å². The van der Waals surface area contributed by atoms with E-state index >= 15 is 0 Å². The van der Waals surface area contributed by atoms with E-state index in [0.29, 0.717) is 5.92 Å². The minimum Gasteiger partial charge on any atom is -0.370 e. The first kappa shape index (κ1) is 15.3. The van der Waals surface area contributed by atoms with Gasteiger partial charge in [-0.15, -0.1) is 0 Å². The number of rotatable bonds is 6. The predicted molar refractivity (Wildman–Crippen MR) is 89.2 cm³/mol. The van der Waals surface area contributed by atoms with Crippen LogP contribution in [-0.2, 0) is 0 Å². The van der Waals surface area contributed by atoms with E-state index in [4.69, 9.17) is 0 Å². The summed E-state index contributed by atoms with van der Waals surface area (Å²) in [5.41, 5.74) is 3.53. The summed E-state index contributed by atoms with van der Waals surface area (Å²) in [4.78, 5) is 8.53. The van der Waals surface area contributed by atoms with Crippen molar-refractivity contribution in [2.75, 3.05) is 17.2 Å². The Hall–Kier alpha value is -2.10. The Morgan fingerprint density at radius 1 is 0.952 bits per heavy atom. The van der Waals surface area contributed by atoms with Crippen LogP contribution in [0.1, 0.15) is 31.4 Å². The molecule has 0 bridgehead atoms. The fourth-order valence-electron chi connectivity index (χ4n) is 2.21. The second kappa shape index (κ2) is 7.07. The molecule has 0 fully saturated rings. The highest BCUT2D eigenvalue weighted by molar-refractivity contribution is 5.60. The van der Waals surface area contributed by atoms with Crippen LogP contribution >= 0.6 is 0 Å². The zero-order valence-corrected chi connectivity index (χ0v) is 13.3. The van der Waals surface area contributed by atoms with Crippen LogP contribution < -0.4 is 10.6 Å². The lowest BCUT2D eigenvalue weighted by molar-refractivity contribution is 0.606. The molecule has 21 heavy (non-hydrogen) atoms. The van der Waals surface area contributed by atoms with Crippen LogP contribution in [0.4, 0.5) is 17.3 Å². The fraction of sp³-hybridized carbons (Fsp3) is 0.412. The van der Waals surface area contributed by atoms with Crippen LogP contribution in [0.2, 0.25) is 0 Å². The van der Waals surface area contributed by atoms with Gasteiger partial charge in [0.05, 0.1) is 0 Å². The Balaban J connectivity index is 2.03. The number of aromatic nitrogens is 2. The van der Waals surface area contributed by atoms with Crippen molar-refractivity contribution in [3.63, 3.8) is 0 Å². The van der Waals surface area contributed by atoms with Gasteiger partial charge in [0.25, 0.3) is 0 Å². The van der Waals surface area contributed by atoms with Crippen molar-refractivity contribution in [3.8, 4) is 0 Å². The van der Waals surface area contributed by atoms with Gasteiger partial charge in [0.2, 0.25) is 0 Å². The van der Waals surface area contributed by atoms with Crippen molar-refractivity contribution >= 4 is 17.3 Å². The average Bonchev–Trinajstić information content (AvgIpc) is 2.37. The second-order valence-electron chi connectivity index (χ2n) is 5.90. The highest BCUT2D eigenvalue weighted by Gasteiger charge is 2.01. The molecule has 2 aromatic rings. The highest BCUT2D eigenvalue weighted by atomic mass is 15.1. The Morgan fingerprint density at radius 2 is 1.62 bits per heavy atom. The number of nitrogens with zero attached hydrogens (tertiary/aromatic N) is 2. The van der Waals surface area contributed by atoms with Gasteiger partial charge in [-0.1, -0.05) is 19.9 Å². The monoisotopic (exact) mass is 284 g/mol. The van der Waals surface area contributed by atoms with E-state index in [9.17, 15) is 0 Å². The molecule has 0 amide bonds. The Morgan fingerprint density at radius 3 is 2.29 bits per heavy atom. The number of hydrogen-bond acceptors (Lipinski definition) is 4. The zero-order chi connectivity index (χ0) is 15.2. The molecule has 1 aromatic heterocycles. The normalized spacial score (nSPS) is 10.7. The van der Waals surface area contributed by atoms with Gasteiger partial charge in [-0.3, -0.25) is 0 Å². The lowest BCUT2D eigenvalue weighted by atomic mass is 10.1. The lowest BCUT2D eigenvalue weighted by Crippen LogP contribution is -2.07.